The van der Waals surface area contributed by atoms with E-state index in [4.69, 9.17) is 14.0 Å². The summed E-state index contributed by atoms with van der Waals surface area (Å²) in [6.45, 7) is 9.03. The molecule has 2 rings (SSSR count). The molecule has 0 saturated heterocycles. The van der Waals surface area contributed by atoms with Crippen molar-refractivity contribution >= 4 is 6.09 Å². The first-order valence-corrected chi connectivity index (χ1v) is 8.02. The number of nitrogens with one attached hydrogen (secondary N) is 1. The Labute approximate surface area is 146 Å². The fourth-order valence-electron chi connectivity index (χ4n) is 2.00. The molecule has 0 bridgehead atoms. The van der Waals surface area contributed by atoms with Crippen LogP contribution in [0, 0.1) is 0 Å². The van der Waals surface area contributed by atoms with E-state index in [2.05, 4.69) is 20.4 Å². The molecular formula is C17H24N4O4. The molecule has 25 heavy (non-hydrogen) atoms. The number of ether oxygens (including phenoxy) is 2. The number of aromatic nitrogens is 3. The fraction of sp³-hybridized carbons (Fsp3) is 0.529. The van der Waals surface area contributed by atoms with E-state index in [1.165, 1.54) is 0 Å². The number of pyridine rings is 1. The minimum atomic E-state index is -0.574. The van der Waals surface area contributed by atoms with Crippen LogP contribution in [0.4, 0.5) is 4.79 Å². The Balaban J connectivity index is 2.10. The molecule has 8 heteroatoms. The predicted octanol–water partition coefficient (Wildman–Crippen LogP) is 3.42. The highest BCUT2D eigenvalue weighted by molar-refractivity contribution is 5.68. The normalized spacial score (nSPS) is 14.0. The maximum Gasteiger partial charge on any atom is 0.408 e. The van der Waals surface area contributed by atoms with Gasteiger partial charge in [0.1, 0.15) is 11.6 Å². The van der Waals surface area contributed by atoms with Crippen LogP contribution in [0.15, 0.2) is 22.9 Å². The van der Waals surface area contributed by atoms with E-state index >= 15 is 0 Å². The van der Waals surface area contributed by atoms with Gasteiger partial charge in [0.15, 0.2) is 0 Å². The number of carbonyl (C=O) groups excluding carboxylic acids is 1. The van der Waals surface area contributed by atoms with Gasteiger partial charge in [-0.15, -0.1) is 0 Å². The number of methoxy groups -OCH3 is 1. The lowest BCUT2D eigenvalue weighted by Gasteiger charge is -2.20. The van der Waals surface area contributed by atoms with Crippen molar-refractivity contribution in [2.75, 3.05) is 7.11 Å². The molecule has 2 atom stereocenters. The van der Waals surface area contributed by atoms with Gasteiger partial charge in [0.2, 0.25) is 11.7 Å². The summed E-state index contributed by atoms with van der Waals surface area (Å²) in [7, 11) is 1.62. The van der Waals surface area contributed by atoms with Crippen LogP contribution < -0.4 is 5.32 Å². The van der Waals surface area contributed by atoms with Gasteiger partial charge in [-0.2, -0.15) is 4.98 Å². The molecule has 136 valence electrons. The zero-order valence-corrected chi connectivity index (χ0v) is 15.4. The van der Waals surface area contributed by atoms with E-state index in [1.807, 2.05) is 13.0 Å². The molecule has 1 N–H and O–H groups in total. The van der Waals surface area contributed by atoms with Gasteiger partial charge >= 0.3 is 6.09 Å². The van der Waals surface area contributed by atoms with Gasteiger partial charge in [0, 0.05) is 18.9 Å². The largest absolute Gasteiger partial charge is 0.444 e. The summed E-state index contributed by atoms with van der Waals surface area (Å²) in [5.74, 6) is 0.707. The Morgan fingerprint density at radius 1 is 1.32 bits per heavy atom. The van der Waals surface area contributed by atoms with E-state index in [9.17, 15) is 4.79 Å². The molecule has 8 nitrogen and oxygen atoms in total. The monoisotopic (exact) mass is 348 g/mol. The Morgan fingerprint density at radius 2 is 2.04 bits per heavy atom. The second kappa shape index (κ2) is 7.60. The molecule has 0 aliphatic carbocycles. The third-order valence-electron chi connectivity index (χ3n) is 3.35. The van der Waals surface area contributed by atoms with E-state index in [-0.39, 0.29) is 6.10 Å². The summed E-state index contributed by atoms with van der Waals surface area (Å²) >= 11 is 0. The van der Waals surface area contributed by atoms with Crippen molar-refractivity contribution in [2.24, 2.45) is 0 Å². The van der Waals surface area contributed by atoms with Gasteiger partial charge in [-0.1, -0.05) is 5.16 Å². The van der Waals surface area contributed by atoms with Crippen LogP contribution in [0.1, 0.15) is 58.3 Å². The molecule has 0 radical (unpaired) electrons. The van der Waals surface area contributed by atoms with Crippen molar-refractivity contribution in [3.63, 3.8) is 0 Å². The molecule has 0 saturated carbocycles. The van der Waals surface area contributed by atoms with E-state index in [1.54, 1.807) is 47.1 Å². The van der Waals surface area contributed by atoms with Gasteiger partial charge in [0.25, 0.3) is 0 Å². The molecule has 2 heterocycles. The summed E-state index contributed by atoms with van der Waals surface area (Å²) in [6.07, 6.45) is 0.984. The Bertz CT molecular complexity index is 723. The molecule has 1 amide bonds. The van der Waals surface area contributed by atoms with Crippen molar-refractivity contribution in [3.8, 4) is 11.4 Å². The SMILES string of the molecule is COC(C)c1cc(-c2noc(C(C)NC(=O)OC(C)(C)C)n2)ccn1. The van der Waals surface area contributed by atoms with Gasteiger partial charge in [-0.25, -0.2) is 4.79 Å². The number of hydrogen-bond acceptors (Lipinski definition) is 7. The topological polar surface area (TPSA) is 99.4 Å². The molecule has 0 spiro atoms. The van der Waals surface area contributed by atoms with Gasteiger partial charge in [-0.05, 0) is 46.8 Å². The lowest BCUT2D eigenvalue weighted by molar-refractivity contribution is 0.0499. The van der Waals surface area contributed by atoms with E-state index in [0.717, 1.165) is 11.3 Å². The van der Waals surface area contributed by atoms with Crippen molar-refractivity contribution in [2.45, 2.75) is 52.4 Å². The van der Waals surface area contributed by atoms with E-state index < -0.39 is 17.7 Å². The van der Waals surface area contributed by atoms with Gasteiger partial charge < -0.3 is 19.3 Å². The number of amides is 1. The predicted molar refractivity (Wildman–Crippen MR) is 90.7 cm³/mol. The van der Waals surface area contributed by atoms with Crippen LogP contribution in [-0.2, 0) is 9.47 Å². The highest BCUT2D eigenvalue weighted by atomic mass is 16.6. The van der Waals surface area contributed by atoms with Crippen LogP contribution in [0.25, 0.3) is 11.4 Å². The second-order valence-electron chi connectivity index (χ2n) is 6.67. The molecule has 0 aromatic carbocycles. The zero-order valence-electron chi connectivity index (χ0n) is 15.4. The summed E-state index contributed by atoms with van der Waals surface area (Å²) in [5, 5.41) is 6.64. The Morgan fingerprint density at radius 3 is 2.68 bits per heavy atom. The average molecular weight is 348 g/mol. The lowest BCUT2D eigenvalue weighted by atomic mass is 10.1. The Kier molecular flexibility index (Phi) is 5.73. The van der Waals surface area contributed by atoms with Gasteiger partial charge in [-0.3, -0.25) is 4.98 Å². The maximum absolute atomic E-state index is 11.8. The van der Waals surface area contributed by atoms with Crippen molar-refractivity contribution in [1.29, 1.82) is 0 Å². The third-order valence-corrected chi connectivity index (χ3v) is 3.35. The summed E-state index contributed by atoms with van der Waals surface area (Å²) in [6, 6.07) is 3.15. The molecule has 0 aliphatic rings. The highest BCUT2D eigenvalue weighted by Gasteiger charge is 2.22. The summed E-state index contributed by atoms with van der Waals surface area (Å²) in [5.41, 5.74) is 0.953. The molecule has 0 aliphatic heterocycles. The van der Waals surface area contributed by atoms with Crippen molar-refractivity contribution in [3.05, 3.63) is 29.9 Å². The zero-order chi connectivity index (χ0) is 18.6. The molecular weight excluding hydrogens is 324 g/mol. The van der Waals surface area contributed by atoms with Crippen LogP contribution in [0.3, 0.4) is 0 Å². The molecule has 2 aromatic heterocycles. The number of hydrogen-bond donors (Lipinski definition) is 1. The standard InChI is InChI=1S/C17H24N4O4/c1-10(19-16(22)24-17(3,4)5)15-20-14(21-25-15)12-7-8-18-13(9-12)11(2)23-6/h7-11H,1-6H3,(H,19,22). The maximum atomic E-state index is 11.8. The van der Waals surface area contributed by atoms with Crippen LogP contribution >= 0.6 is 0 Å². The van der Waals surface area contributed by atoms with Crippen molar-refractivity contribution in [1.82, 2.24) is 20.4 Å². The quantitative estimate of drug-likeness (QED) is 0.883. The average Bonchev–Trinajstić information content (AvgIpc) is 3.02. The Hall–Kier alpha value is -2.48. The highest BCUT2D eigenvalue weighted by Crippen LogP contribution is 2.22. The first kappa shape index (κ1) is 18.9. The first-order valence-electron chi connectivity index (χ1n) is 8.02. The van der Waals surface area contributed by atoms with Crippen LogP contribution in [0.5, 0.6) is 0 Å². The van der Waals surface area contributed by atoms with Crippen molar-refractivity contribution < 1.29 is 18.8 Å². The number of nitrogens with zero attached hydrogens (tertiary/aromatic N) is 3. The molecule has 2 unspecified atom stereocenters. The minimum Gasteiger partial charge on any atom is -0.444 e. The third kappa shape index (κ3) is 5.25. The van der Waals surface area contributed by atoms with Crippen LogP contribution in [-0.4, -0.2) is 33.9 Å². The number of alkyl carbamates (subject to hydrolysis) is 1. The lowest BCUT2D eigenvalue weighted by Crippen LogP contribution is -2.34. The number of carbonyl (C=O) groups is 1. The number of rotatable bonds is 5. The van der Waals surface area contributed by atoms with Crippen LogP contribution in [0.2, 0.25) is 0 Å². The first-order chi connectivity index (χ1) is 11.7. The summed E-state index contributed by atoms with van der Waals surface area (Å²) in [4.78, 5) is 20.4. The second-order valence-corrected chi connectivity index (χ2v) is 6.67. The summed E-state index contributed by atoms with van der Waals surface area (Å²) < 4.78 is 15.7. The fourth-order valence-corrected chi connectivity index (χ4v) is 2.00. The molecule has 0 fully saturated rings. The smallest absolute Gasteiger partial charge is 0.408 e. The van der Waals surface area contributed by atoms with Gasteiger partial charge in [0.05, 0.1) is 11.8 Å². The molecule has 2 aromatic rings. The van der Waals surface area contributed by atoms with E-state index in [0.29, 0.717) is 11.7 Å². The minimum absolute atomic E-state index is 0.140.